The highest BCUT2D eigenvalue weighted by Crippen LogP contribution is 2.49. The molecule has 2 heterocycles. The summed E-state index contributed by atoms with van der Waals surface area (Å²) >= 11 is 0. The standard InChI is InChI=1S/C38H30BN/c1-38(2,3)27-18-19-29-30-10-7-13-34-37(30)39(32(29)22-27)31-11-4-5-12-33(31)40(34)28-20-25-16-14-23-8-6-9-24-15-17-26(21-28)36(25)35(23)24/h4-16,18-22,35H,17H2,1-3H3. The van der Waals surface area contributed by atoms with Crippen molar-refractivity contribution in [3.8, 4) is 11.1 Å². The van der Waals surface area contributed by atoms with Gasteiger partial charge in [0.1, 0.15) is 0 Å². The summed E-state index contributed by atoms with van der Waals surface area (Å²) < 4.78 is 0. The largest absolute Gasteiger partial charge is 0.311 e. The van der Waals surface area contributed by atoms with E-state index in [-0.39, 0.29) is 12.1 Å². The molecule has 4 aromatic carbocycles. The van der Waals surface area contributed by atoms with Gasteiger partial charge < -0.3 is 4.90 Å². The lowest BCUT2D eigenvalue weighted by atomic mass is 9.37. The van der Waals surface area contributed by atoms with E-state index in [1.165, 1.54) is 78.0 Å². The van der Waals surface area contributed by atoms with Crippen molar-refractivity contribution in [2.45, 2.75) is 38.5 Å². The lowest BCUT2D eigenvalue weighted by Crippen LogP contribution is -2.54. The second-order valence-corrected chi connectivity index (χ2v) is 12.9. The second kappa shape index (κ2) is 7.67. The van der Waals surface area contributed by atoms with Gasteiger partial charge in [-0.1, -0.05) is 111 Å². The van der Waals surface area contributed by atoms with E-state index in [0.717, 1.165) is 6.42 Å². The predicted molar refractivity (Wildman–Crippen MR) is 171 cm³/mol. The summed E-state index contributed by atoms with van der Waals surface area (Å²) in [6.07, 6.45) is 14.9. The van der Waals surface area contributed by atoms with Crippen LogP contribution in [0.15, 0.2) is 114 Å². The first-order chi connectivity index (χ1) is 19.5. The van der Waals surface area contributed by atoms with Crippen molar-refractivity contribution in [1.82, 2.24) is 0 Å². The number of hydrogen-bond acceptors (Lipinski definition) is 1. The highest BCUT2D eigenvalue weighted by molar-refractivity contribution is 7.01. The first-order valence-corrected chi connectivity index (χ1v) is 14.6. The van der Waals surface area contributed by atoms with Gasteiger partial charge in [-0.3, -0.25) is 0 Å². The van der Waals surface area contributed by atoms with Crippen LogP contribution in [0.5, 0.6) is 0 Å². The summed E-state index contributed by atoms with van der Waals surface area (Å²) in [4.78, 5) is 2.54. The van der Waals surface area contributed by atoms with E-state index in [1.54, 1.807) is 0 Å². The van der Waals surface area contributed by atoms with E-state index in [4.69, 9.17) is 0 Å². The quantitative estimate of drug-likeness (QED) is 0.209. The van der Waals surface area contributed by atoms with Gasteiger partial charge in [-0.15, -0.1) is 0 Å². The molecule has 0 saturated carbocycles. The monoisotopic (exact) mass is 511 g/mol. The molecular weight excluding hydrogens is 481 g/mol. The average molecular weight is 511 g/mol. The van der Waals surface area contributed by atoms with Crippen LogP contribution in [0.1, 0.15) is 48.9 Å². The van der Waals surface area contributed by atoms with E-state index >= 15 is 0 Å². The first-order valence-electron chi connectivity index (χ1n) is 14.6. The third kappa shape index (κ3) is 2.89. The zero-order valence-corrected chi connectivity index (χ0v) is 23.2. The molecule has 0 bridgehead atoms. The van der Waals surface area contributed by atoms with Crippen LogP contribution in [0.4, 0.5) is 17.1 Å². The molecule has 9 rings (SSSR count). The molecule has 2 aliphatic heterocycles. The van der Waals surface area contributed by atoms with E-state index in [9.17, 15) is 0 Å². The van der Waals surface area contributed by atoms with E-state index in [0.29, 0.717) is 5.92 Å². The van der Waals surface area contributed by atoms with Crippen LogP contribution in [-0.4, -0.2) is 6.71 Å². The van der Waals surface area contributed by atoms with Crippen LogP contribution in [0, 0.1) is 0 Å². The lowest BCUT2D eigenvalue weighted by molar-refractivity contribution is 0.591. The summed E-state index contributed by atoms with van der Waals surface area (Å²) in [6, 6.07) is 28.1. The Morgan fingerprint density at radius 1 is 0.775 bits per heavy atom. The minimum absolute atomic E-state index is 0.113. The Morgan fingerprint density at radius 2 is 1.65 bits per heavy atom. The number of nitrogens with zero attached hydrogens (tertiary/aromatic N) is 1. The molecule has 4 aromatic rings. The summed E-state index contributed by atoms with van der Waals surface area (Å²) in [6.45, 7) is 7.21. The number of allylic oxidation sites excluding steroid dienone is 7. The fraction of sp³-hybridized carbons (Fsp3) is 0.158. The van der Waals surface area contributed by atoms with Crippen LogP contribution in [0.25, 0.3) is 17.2 Å². The summed E-state index contributed by atoms with van der Waals surface area (Å²) in [7, 11) is 0. The van der Waals surface area contributed by atoms with Crippen molar-refractivity contribution in [1.29, 1.82) is 0 Å². The molecule has 0 N–H and O–H groups in total. The molecule has 5 aliphatic rings. The first kappa shape index (κ1) is 22.5. The minimum Gasteiger partial charge on any atom is -0.311 e. The molecule has 2 heteroatoms. The summed E-state index contributed by atoms with van der Waals surface area (Å²) in [5.74, 6) is 0.383. The SMILES string of the molecule is CC(C)(C)c1ccc2c(c1)B1c3ccccc3N(c3cc4c5c(c3)CC=C3C=CC=C(C=C4)C35)c3cccc-2c31. The third-order valence-electron chi connectivity index (χ3n) is 9.71. The Morgan fingerprint density at radius 3 is 2.55 bits per heavy atom. The van der Waals surface area contributed by atoms with Gasteiger partial charge in [0, 0.05) is 23.0 Å². The van der Waals surface area contributed by atoms with Gasteiger partial charge in [-0.2, -0.15) is 0 Å². The number of anilines is 3. The number of rotatable bonds is 1. The van der Waals surface area contributed by atoms with Crippen LogP contribution < -0.4 is 21.3 Å². The normalized spacial score (nSPS) is 18.5. The Hall–Kier alpha value is -4.30. The molecule has 1 unspecified atom stereocenters. The average Bonchev–Trinajstić information content (AvgIpc) is 3.31. The minimum atomic E-state index is 0.113. The molecule has 3 aliphatic carbocycles. The van der Waals surface area contributed by atoms with Crippen molar-refractivity contribution < 1.29 is 0 Å². The Kier molecular flexibility index (Phi) is 4.32. The lowest BCUT2D eigenvalue weighted by Gasteiger charge is -2.38. The number of hydrogen-bond donors (Lipinski definition) is 0. The maximum atomic E-state index is 2.54. The highest BCUT2D eigenvalue weighted by Gasteiger charge is 2.43. The molecule has 1 atom stereocenters. The Balaban J connectivity index is 1.27. The van der Waals surface area contributed by atoms with E-state index in [1.807, 2.05) is 0 Å². The van der Waals surface area contributed by atoms with Gasteiger partial charge in [0.25, 0.3) is 0 Å². The fourth-order valence-electron chi connectivity index (χ4n) is 7.87. The molecule has 40 heavy (non-hydrogen) atoms. The maximum Gasteiger partial charge on any atom is 0.248 e. The summed E-state index contributed by atoms with van der Waals surface area (Å²) in [5, 5.41) is 0. The number of fused-ring (bicyclic) bond motifs is 5. The van der Waals surface area contributed by atoms with E-state index in [2.05, 4.69) is 135 Å². The molecular formula is C38H30BN. The van der Waals surface area contributed by atoms with Crippen LogP contribution in [0.2, 0.25) is 0 Å². The van der Waals surface area contributed by atoms with Gasteiger partial charge in [0.15, 0.2) is 0 Å². The van der Waals surface area contributed by atoms with Gasteiger partial charge in [0.2, 0.25) is 6.71 Å². The zero-order valence-electron chi connectivity index (χ0n) is 23.2. The zero-order chi connectivity index (χ0) is 26.7. The highest BCUT2D eigenvalue weighted by atomic mass is 15.2. The molecule has 0 radical (unpaired) electrons. The van der Waals surface area contributed by atoms with Crippen molar-refractivity contribution in [2.24, 2.45) is 0 Å². The van der Waals surface area contributed by atoms with Gasteiger partial charge in [0.05, 0.1) is 0 Å². The van der Waals surface area contributed by atoms with Gasteiger partial charge in [-0.25, -0.2) is 0 Å². The van der Waals surface area contributed by atoms with Crippen molar-refractivity contribution >= 4 is 46.2 Å². The van der Waals surface area contributed by atoms with Crippen LogP contribution in [-0.2, 0) is 11.8 Å². The van der Waals surface area contributed by atoms with Gasteiger partial charge >= 0.3 is 0 Å². The van der Waals surface area contributed by atoms with Gasteiger partial charge in [-0.05, 0) is 91.6 Å². The van der Waals surface area contributed by atoms with Crippen molar-refractivity contribution in [3.05, 3.63) is 137 Å². The fourth-order valence-corrected chi connectivity index (χ4v) is 7.87. The number of para-hydroxylation sites is 1. The molecule has 0 saturated heterocycles. The summed E-state index contributed by atoms with van der Waals surface area (Å²) in [5.41, 5.74) is 19.6. The second-order valence-electron chi connectivity index (χ2n) is 12.9. The molecule has 190 valence electrons. The van der Waals surface area contributed by atoms with Crippen LogP contribution >= 0.6 is 0 Å². The van der Waals surface area contributed by atoms with Crippen molar-refractivity contribution in [2.75, 3.05) is 4.90 Å². The molecule has 0 amide bonds. The van der Waals surface area contributed by atoms with E-state index < -0.39 is 0 Å². The third-order valence-corrected chi connectivity index (χ3v) is 9.71. The Labute approximate surface area is 237 Å². The molecule has 0 spiro atoms. The number of benzene rings is 4. The topological polar surface area (TPSA) is 3.24 Å². The predicted octanol–water partition coefficient (Wildman–Crippen LogP) is 7.35. The smallest absolute Gasteiger partial charge is 0.248 e. The maximum absolute atomic E-state index is 2.54. The molecule has 1 nitrogen and oxygen atoms in total. The molecule has 0 fully saturated rings. The van der Waals surface area contributed by atoms with Crippen molar-refractivity contribution in [3.63, 3.8) is 0 Å². The molecule has 0 aromatic heterocycles. The van der Waals surface area contributed by atoms with Crippen LogP contribution in [0.3, 0.4) is 0 Å². The Bertz CT molecular complexity index is 1930.